The number of anilines is 1. The zero-order valence-corrected chi connectivity index (χ0v) is 10.4. The van der Waals surface area contributed by atoms with Gasteiger partial charge in [-0.2, -0.15) is 0 Å². The van der Waals surface area contributed by atoms with Crippen LogP contribution in [0.25, 0.3) is 10.9 Å². The topological polar surface area (TPSA) is 70.9 Å². The number of carbonyl (C=O) groups excluding carboxylic acids is 1. The molecule has 0 bridgehead atoms. The second-order valence-electron chi connectivity index (χ2n) is 4.24. The minimum absolute atomic E-state index is 0.224. The molecule has 1 amide bonds. The van der Waals surface area contributed by atoms with Gasteiger partial charge in [0.2, 0.25) is 5.76 Å². The lowest BCUT2D eigenvalue weighted by atomic mass is 10.2. The van der Waals surface area contributed by atoms with E-state index in [0.29, 0.717) is 0 Å². The van der Waals surface area contributed by atoms with Crippen molar-refractivity contribution in [3.8, 4) is 0 Å². The average molecular weight is 255 g/mol. The van der Waals surface area contributed by atoms with Crippen LogP contribution in [0.15, 0.2) is 41.1 Å². The first kappa shape index (κ1) is 11.5. The Labute approximate surface area is 109 Å². The molecule has 0 aliphatic heterocycles. The lowest BCUT2D eigenvalue weighted by molar-refractivity contribution is 0.0988. The van der Waals surface area contributed by atoms with Gasteiger partial charge in [-0.15, -0.1) is 0 Å². The molecule has 0 radical (unpaired) electrons. The van der Waals surface area contributed by atoms with Crippen LogP contribution in [0.3, 0.4) is 0 Å². The number of nitrogens with zero attached hydrogens (tertiary/aromatic N) is 1. The summed E-state index contributed by atoms with van der Waals surface area (Å²) in [7, 11) is 0. The molecule has 3 aromatic rings. The van der Waals surface area contributed by atoms with E-state index in [1.54, 1.807) is 12.3 Å². The van der Waals surface area contributed by atoms with Crippen LogP contribution < -0.4 is 5.32 Å². The van der Waals surface area contributed by atoms with Gasteiger partial charge >= 0.3 is 0 Å². The molecule has 5 heteroatoms. The number of para-hydroxylation sites is 1. The number of carbonyl (C=O) groups is 1. The number of aromatic nitrogens is 2. The number of rotatable bonds is 3. The first-order valence-electron chi connectivity index (χ1n) is 6.11. The minimum atomic E-state index is -0.294. The third kappa shape index (κ3) is 2.10. The average Bonchev–Trinajstić information content (AvgIpc) is 3.06. The van der Waals surface area contributed by atoms with Crippen LogP contribution in [0.5, 0.6) is 0 Å². The molecule has 2 aromatic heterocycles. The van der Waals surface area contributed by atoms with E-state index in [4.69, 9.17) is 4.52 Å². The Bertz CT molecular complexity index is 727. The maximum atomic E-state index is 12.0. The zero-order chi connectivity index (χ0) is 13.2. The van der Waals surface area contributed by atoms with Gasteiger partial charge < -0.3 is 14.8 Å². The Hall–Kier alpha value is -2.56. The van der Waals surface area contributed by atoms with E-state index in [2.05, 4.69) is 15.5 Å². The summed E-state index contributed by atoms with van der Waals surface area (Å²) in [6.07, 6.45) is 2.50. The third-order valence-electron chi connectivity index (χ3n) is 2.98. The SMILES string of the molecule is CCc1cc(C(=O)Nc2c[nH]c3ccccc23)on1. The predicted molar refractivity (Wildman–Crippen MR) is 72.1 cm³/mol. The zero-order valence-electron chi connectivity index (χ0n) is 10.4. The molecule has 2 N–H and O–H groups in total. The second kappa shape index (κ2) is 4.61. The summed E-state index contributed by atoms with van der Waals surface area (Å²) in [5.41, 5.74) is 2.48. The highest BCUT2D eigenvalue weighted by molar-refractivity contribution is 6.07. The first-order chi connectivity index (χ1) is 9.28. The molecule has 0 atom stereocenters. The largest absolute Gasteiger partial charge is 0.359 e. The van der Waals surface area contributed by atoms with Crippen LogP contribution in [-0.2, 0) is 6.42 Å². The summed E-state index contributed by atoms with van der Waals surface area (Å²) in [6, 6.07) is 9.42. The van der Waals surface area contributed by atoms with Gasteiger partial charge in [0, 0.05) is 23.2 Å². The Morgan fingerprint density at radius 2 is 2.26 bits per heavy atom. The van der Waals surface area contributed by atoms with E-state index in [0.717, 1.165) is 28.7 Å². The van der Waals surface area contributed by atoms with Crippen molar-refractivity contribution in [3.63, 3.8) is 0 Å². The highest BCUT2D eigenvalue weighted by Gasteiger charge is 2.14. The second-order valence-corrected chi connectivity index (χ2v) is 4.24. The fraction of sp³-hybridized carbons (Fsp3) is 0.143. The molecule has 2 heterocycles. The molecule has 0 aliphatic rings. The molecule has 19 heavy (non-hydrogen) atoms. The Morgan fingerprint density at radius 1 is 1.42 bits per heavy atom. The molecule has 3 rings (SSSR count). The molecule has 0 unspecified atom stereocenters. The first-order valence-corrected chi connectivity index (χ1v) is 6.11. The fourth-order valence-corrected chi connectivity index (χ4v) is 1.94. The quantitative estimate of drug-likeness (QED) is 0.755. The van der Waals surface area contributed by atoms with Crippen LogP contribution in [0.2, 0.25) is 0 Å². The Morgan fingerprint density at radius 3 is 3.05 bits per heavy atom. The molecule has 0 fully saturated rings. The van der Waals surface area contributed by atoms with Gasteiger partial charge in [0.1, 0.15) is 0 Å². The van der Waals surface area contributed by atoms with Crippen molar-refractivity contribution in [1.29, 1.82) is 0 Å². The maximum absolute atomic E-state index is 12.0. The van der Waals surface area contributed by atoms with Crippen molar-refractivity contribution in [2.24, 2.45) is 0 Å². The van der Waals surface area contributed by atoms with Crippen molar-refractivity contribution in [2.45, 2.75) is 13.3 Å². The molecule has 0 aliphatic carbocycles. The number of benzene rings is 1. The Kier molecular flexibility index (Phi) is 2.79. The summed E-state index contributed by atoms with van der Waals surface area (Å²) in [5.74, 6) is -0.0703. The monoisotopic (exact) mass is 255 g/mol. The third-order valence-corrected chi connectivity index (χ3v) is 2.98. The molecule has 0 spiro atoms. The minimum Gasteiger partial charge on any atom is -0.359 e. The van der Waals surface area contributed by atoms with Crippen LogP contribution in [0.1, 0.15) is 23.2 Å². The number of fused-ring (bicyclic) bond motifs is 1. The van der Waals surface area contributed by atoms with Crippen molar-refractivity contribution in [1.82, 2.24) is 10.1 Å². The van der Waals surface area contributed by atoms with Gasteiger partial charge in [0.15, 0.2) is 0 Å². The number of amides is 1. The molecule has 1 aromatic carbocycles. The molecule has 96 valence electrons. The number of H-pyrrole nitrogens is 1. The lowest BCUT2D eigenvalue weighted by Gasteiger charge is -1.99. The summed E-state index contributed by atoms with van der Waals surface area (Å²) in [4.78, 5) is 15.1. The van der Waals surface area contributed by atoms with Gasteiger partial charge in [-0.1, -0.05) is 30.3 Å². The fourth-order valence-electron chi connectivity index (χ4n) is 1.94. The number of hydrogen-bond donors (Lipinski definition) is 2. The van der Waals surface area contributed by atoms with E-state index >= 15 is 0 Å². The lowest BCUT2D eigenvalue weighted by Crippen LogP contribution is -2.10. The van der Waals surface area contributed by atoms with Crippen LogP contribution in [0, 0.1) is 0 Å². The van der Waals surface area contributed by atoms with Gasteiger partial charge in [-0.25, -0.2) is 0 Å². The van der Waals surface area contributed by atoms with E-state index in [-0.39, 0.29) is 11.7 Å². The van der Waals surface area contributed by atoms with Crippen LogP contribution in [-0.4, -0.2) is 16.0 Å². The van der Waals surface area contributed by atoms with E-state index < -0.39 is 0 Å². The van der Waals surface area contributed by atoms with E-state index in [1.807, 2.05) is 31.2 Å². The number of nitrogens with one attached hydrogen (secondary N) is 2. The van der Waals surface area contributed by atoms with Crippen molar-refractivity contribution < 1.29 is 9.32 Å². The standard InChI is InChI=1S/C14H13N3O2/c1-2-9-7-13(19-17-9)14(18)16-12-8-15-11-6-4-3-5-10(11)12/h3-8,15H,2H2,1H3,(H,16,18). The molecule has 0 saturated heterocycles. The van der Waals surface area contributed by atoms with Gasteiger partial charge in [0.25, 0.3) is 5.91 Å². The van der Waals surface area contributed by atoms with Crippen molar-refractivity contribution >= 4 is 22.5 Å². The predicted octanol–water partition coefficient (Wildman–Crippen LogP) is 2.97. The van der Waals surface area contributed by atoms with Crippen molar-refractivity contribution in [2.75, 3.05) is 5.32 Å². The van der Waals surface area contributed by atoms with Crippen LogP contribution >= 0.6 is 0 Å². The molecule has 0 saturated carbocycles. The highest BCUT2D eigenvalue weighted by Crippen LogP contribution is 2.23. The number of hydrogen-bond acceptors (Lipinski definition) is 3. The summed E-state index contributed by atoms with van der Waals surface area (Å²) < 4.78 is 5.01. The summed E-state index contributed by atoms with van der Waals surface area (Å²) in [6.45, 7) is 1.96. The molecule has 5 nitrogen and oxygen atoms in total. The normalized spacial score (nSPS) is 10.8. The highest BCUT2D eigenvalue weighted by atomic mass is 16.5. The summed E-state index contributed by atoms with van der Waals surface area (Å²) in [5, 5.41) is 7.58. The van der Waals surface area contributed by atoms with E-state index in [9.17, 15) is 4.79 Å². The smallest absolute Gasteiger partial charge is 0.294 e. The molecular formula is C14H13N3O2. The number of aryl methyl sites for hydroxylation is 1. The van der Waals surface area contributed by atoms with Gasteiger partial charge in [-0.3, -0.25) is 4.79 Å². The van der Waals surface area contributed by atoms with Crippen molar-refractivity contribution in [3.05, 3.63) is 48.0 Å². The Balaban J connectivity index is 1.86. The summed E-state index contributed by atoms with van der Waals surface area (Å²) >= 11 is 0. The maximum Gasteiger partial charge on any atom is 0.294 e. The van der Waals surface area contributed by atoms with Crippen LogP contribution in [0.4, 0.5) is 5.69 Å². The van der Waals surface area contributed by atoms with Gasteiger partial charge in [0.05, 0.1) is 11.4 Å². The van der Waals surface area contributed by atoms with E-state index in [1.165, 1.54) is 0 Å². The molecular weight excluding hydrogens is 242 g/mol. The van der Waals surface area contributed by atoms with Gasteiger partial charge in [-0.05, 0) is 12.5 Å². The number of aromatic amines is 1.